The van der Waals surface area contributed by atoms with Gasteiger partial charge in [-0.05, 0) is 32.9 Å². The molecule has 0 bridgehead atoms. The Morgan fingerprint density at radius 2 is 2.05 bits per heavy atom. The molecule has 1 rings (SSSR count). The summed E-state index contributed by atoms with van der Waals surface area (Å²) in [5, 5.41) is 31.1. The molecule has 2 unspecified atom stereocenters. The molecule has 0 fully saturated rings. The van der Waals surface area contributed by atoms with E-state index >= 15 is 0 Å². The Morgan fingerprint density at radius 1 is 1.40 bits per heavy atom. The third-order valence-corrected chi connectivity index (χ3v) is 3.49. The molecule has 1 heterocycles. The van der Waals surface area contributed by atoms with Crippen LogP contribution in [-0.4, -0.2) is 39.7 Å². The van der Waals surface area contributed by atoms with Crippen molar-refractivity contribution < 1.29 is 24.9 Å². The number of aliphatic hydroxyl groups excluding tert-OH is 3. The molecule has 1 aromatic heterocycles. The number of nitrogens with one attached hydrogen (secondary N) is 1. The second kappa shape index (κ2) is 7.03. The number of hydrogen-bond acceptors (Lipinski definition) is 6. The average molecular weight is 303 g/mol. The van der Waals surface area contributed by atoms with Gasteiger partial charge in [0.2, 0.25) is 0 Å². The molecule has 6 nitrogen and oxygen atoms in total. The zero-order valence-corrected chi connectivity index (χ0v) is 12.6. The van der Waals surface area contributed by atoms with Gasteiger partial charge in [0.15, 0.2) is 0 Å². The van der Waals surface area contributed by atoms with E-state index in [1.807, 2.05) is 0 Å². The number of thiophene rings is 1. The number of carbonyl (C=O) groups is 1. The topological polar surface area (TPSA) is 99.0 Å². The molecule has 0 saturated carbocycles. The number of rotatable bonds is 5. The van der Waals surface area contributed by atoms with E-state index in [0.29, 0.717) is 9.75 Å². The maximum absolute atomic E-state index is 11.4. The minimum absolute atomic E-state index is 0.107. The van der Waals surface area contributed by atoms with Crippen LogP contribution in [0.15, 0.2) is 12.1 Å². The molecule has 2 atom stereocenters. The first-order valence-electron chi connectivity index (χ1n) is 6.25. The lowest BCUT2D eigenvalue weighted by Gasteiger charge is -2.21. The summed E-state index contributed by atoms with van der Waals surface area (Å²) < 4.78 is 5.02. The van der Waals surface area contributed by atoms with E-state index in [2.05, 4.69) is 5.32 Å². The van der Waals surface area contributed by atoms with Crippen molar-refractivity contribution in [2.45, 2.75) is 45.2 Å². The molecule has 114 valence electrons. The van der Waals surface area contributed by atoms with Gasteiger partial charge >= 0.3 is 6.09 Å². The van der Waals surface area contributed by atoms with Crippen LogP contribution in [0, 0.1) is 0 Å². The molecule has 1 amide bonds. The molecule has 0 saturated heterocycles. The molecule has 1 aromatic rings. The van der Waals surface area contributed by atoms with Crippen LogP contribution in [0.2, 0.25) is 0 Å². The predicted octanol–water partition coefficient (Wildman–Crippen LogP) is 1.16. The summed E-state index contributed by atoms with van der Waals surface area (Å²) in [4.78, 5) is 12.7. The first-order chi connectivity index (χ1) is 9.23. The number of amides is 1. The van der Waals surface area contributed by atoms with Gasteiger partial charge in [-0.3, -0.25) is 0 Å². The van der Waals surface area contributed by atoms with Gasteiger partial charge < -0.3 is 25.4 Å². The second-order valence-electron chi connectivity index (χ2n) is 5.36. The van der Waals surface area contributed by atoms with Crippen LogP contribution >= 0.6 is 11.3 Å². The molecule has 0 aliphatic heterocycles. The van der Waals surface area contributed by atoms with Crippen molar-refractivity contribution >= 4 is 17.4 Å². The van der Waals surface area contributed by atoms with E-state index in [1.165, 1.54) is 11.3 Å². The minimum atomic E-state index is -1.15. The second-order valence-corrected chi connectivity index (χ2v) is 6.56. The Kier molecular flexibility index (Phi) is 5.94. The highest BCUT2D eigenvalue weighted by molar-refractivity contribution is 7.12. The SMILES string of the molecule is CC(C)(C)OC(=O)NCC(O)C(O)c1ccc(CO)s1. The van der Waals surface area contributed by atoms with Gasteiger partial charge in [-0.25, -0.2) is 4.79 Å². The van der Waals surface area contributed by atoms with Crippen molar-refractivity contribution in [3.63, 3.8) is 0 Å². The summed E-state index contributed by atoms with van der Waals surface area (Å²) in [6.45, 7) is 4.98. The monoisotopic (exact) mass is 303 g/mol. The normalized spacial score (nSPS) is 14.7. The first kappa shape index (κ1) is 16.9. The fourth-order valence-corrected chi connectivity index (χ4v) is 2.36. The summed E-state index contributed by atoms with van der Waals surface area (Å²) in [5.74, 6) is 0. The third-order valence-electron chi connectivity index (χ3n) is 2.35. The van der Waals surface area contributed by atoms with Crippen molar-refractivity contribution in [2.75, 3.05) is 6.54 Å². The molecule has 7 heteroatoms. The Bertz CT molecular complexity index is 440. The largest absolute Gasteiger partial charge is 0.444 e. The lowest BCUT2D eigenvalue weighted by molar-refractivity contribution is 0.0146. The van der Waals surface area contributed by atoms with Crippen molar-refractivity contribution in [1.29, 1.82) is 0 Å². The summed E-state index contributed by atoms with van der Waals surface area (Å²) in [6.07, 6.45) is -2.91. The molecule has 0 spiro atoms. The molecular weight excluding hydrogens is 282 g/mol. The van der Waals surface area contributed by atoms with Crippen molar-refractivity contribution in [1.82, 2.24) is 5.32 Å². The predicted molar refractivity (Wildman–Crippen MR) is 75.4 cm³/mol. The Labute approximate surface area is 122 Å². The number of hydrogen-bond donors (Lipinski definition) is 4. The maximum Gasteiger partial charge on any atom is 0.407 e. The minimum Gasteiger partial charge on any atom is -0.444 e. The Hall–Kier alpha value is -1.15. The van der Waals surface area contributed by atoms with Crippen molar-refractivity contribution in [3.8, 4) is 0 Å². The van der Waals surface area contributed by atoms with Gasteiger partial charge in [0.25, 0.3) is 0 Å². The standard InChI is InChI=1S/C13H21NO5S/c1-13(2,3)19-12(18)14-6-9(16)11(17)10-5-4-8(7-15)20-10/h4-5,9,11,15-17H,6-7H2,1-3H3,(H,14,18). The van der Waals surface area contributed by atoms with Gasteiger partial charge in [0, 0.05) is 16.3 Å². The van der Waals surface area contributed by atoms with Gasteiger partial charge in [0.05, 0.1) is 6.61 Å². The van der Waals surface area contributed by atoms with Gasteiger partial charge in [-0.2, -0.15) is 0 Å². The van der Waals surface area contributed by atoms with Crippen molar-refractivity contribution in [2.24, 2.45) is 0 Å². The van der Waals surface area contributed by atoms with E-state index in [1.54, 1.807) is 32.9 Å². The molecule has 0 aromatic carbocycles. The molecule has 0 radical (unpaired) electrons. The lowest BCUT2D eigenvalue weighted by Crippen LogP contribution is -2.38. The highest BCUT2D eigenvalue weighted by atomic mass is 32.1. The summed E-state index contributed by atoms with van der Waals surface area (Å²) in [6, 6.07) is 3.31. The van der Waals surface area contributed by atoms with Gasteiger partial charge in [0.1, 0.15) is 17.8 Å². The quantitative estimate of drug-likeness (QED) is 0.654. The molecule has 0 aliphatic rings. The molecular formula is C13H21NO5S. The van der Waals surface area contributed by atoms with Gasteiger partial charge in [-0.1, -0.05) is 0 Å². The molecule has 20 heavy (non-hydrogen) atoms. The first-order valence-corrected chi connectivity index (χ1v) is 7.07. The summed E-state index contributed by atoms with van der Waals surface area (Å²) >= 11 is 1.21. The number of aliphatic hydroxyl groups is 3. The molecule has 0 aliphatic carbocycles. The zero-order chi connectivity index (χ0) is 15.3. The lowest BCUT2D eigenvalue weighted by atomic mass is 10.1. The highest BCUT2D eigenvalue weighted by Gasteiger charge is 2.22. The maximum atomic E-state index is 11.4. The third kappa shape index (κ3) is 5.46. The Balaban J connectivity index is 2.46. The van der Waals surface area contributed by atoms with E-state index < -0.39 is 23.9 Å². The van der Waals surface area contributed by atoms with E-state index in [-0.39, 0.29) is 13.2 Å². The average Bonchev–Trinajstić information content (AvgIpc) is 2.81. The van der Waals surface area contributed by atoms with Crippen LogP contribution in [0.1, 0.15) is 36.6 Å². The van der Waals surface area contributed by atoms with Crippen LogP contribution in [0.4, 0.5) is 4.79 Å². The van der Waals surface area contributed by atoms with Crippen LogP contribution in [0.3, 0.4) is 0 Å². The number of carbonyl (C=O) groups excluding carboxylic acids is 1. The Morgan fingerprint density at radius 3 is 2.55 bits per heavy atom. The summed E-state index contributed by atoms with van der Waals surface area (Å²) in [7, 11) is 0. The number of alkyl carbamates (subject to hydrolysis) is 1. The van der Waals surface area contributed by atoms with Crippen LogP contribution < -0.4 is 5.32 Å². The highest BCUT2D eigenvalue weighted by Crippen LogP contribution is 2.25. The van der Waals surface area contributed by atoms with E-state index in [9.17, 15) is 15.0 Å². The van der Waals surface area contributed by atoms with E-state index in [4.69, 9.17) is 9.84 Å². The van der Waals surface area contributed by atoms with Crippen LogP contribution in [0.25, 0.3) is 0 Å². The van der Waals surface area contributed by atoms with Gasteiger partial charge in [-0.15, -0.1) is 11.3 Å². The van der Waals surface area contributed by atoms with Crippen LogP contribution in [0.5, 0.6) is 0 Å². The molecule has 4 N–H and O–H groups in total. The van der Waals surface area contributed by atoms with Crippen LogP contribution in [-0.2, 0) is 11.3 Å². The summed E-state index contributed by atoms with van der Waals surface area (Å²) in [5.41, 5.74) is -0.614. The zero-order valence-electron chi connectivity index (χ0n) is 11.8. The fraction of sp³-hybridized carbons (Fsp3) is 0.615. The van der Waals surface area contributed by atoms with Crippen molar-refractivity contribution in [3.05, 3.63) is 21.9 Å². The smallest absolute Gasteiger partial charge is 0.407 e. The number of ether oxygens (including phenoxy) is 1. The van der Waals surface area contributed by atoms with E-state index in [0.717, 1.165) is 0 Å². The fourth-order valence-electron chi connectivity index (χ4n) is 1.44.